The van der Waals surface area contributed by atoms with Crippen LogP contribution in [-0.4, -0.2) is 55.7 Å². The first kappa shape index (κ1) is 28.4. The van der Waals surface area contributed by atoms with Gasteiger partial charge in [-0.1, -0.05) is 30.1 Å². The van der Waals surface area contributed by atoms with Crippen LogP contribution in [0.5, 0.6) is 17.2 Å². The van der Waals surface area contributed by atoms with Gasteiger partial charge in [0.2, 0.25) is 0 Å². The Morgan fingerprint density at radius 3 is 2.42 bits per heavy atom. The van der Waals surface area contributed by atoms with E-state index in [1.807, 2.05) is 0 Å². The molecule has 1 unspecified atom stereocenters. The van der Waals surface area contributed by atoms with Gasteiger partial charge < -0.3 is 24.1 Å². The molecule has 1 N–H and O–H groups in total. The van der Waals surface area contributed by atoms with Gasteiger partial charge in [0.25, 0.3) is 5.78 Å². The summed E-state index contributed by atoms with van der Waals surface area (Å²) in [5.74, 6) is -1.45. The van der Waals surface area contributed by atoms with Crippen molar-refractivity contribution in [2.45, 2.75) is 19.9 Å². The summed E-state index contributed by atoms with van der Waals surface area (Å²) in [6, 6.07) is 8.80. The second-order valence-electron chi connectivity index (χ2n) is 8.76. The van der Waals surface area contributed by atoms with Crippen molar-refractivity contribution in [2.24, 2.45) is 0 Å². The van der Waals surface area contributed by atoms with Gasteiger partial charge in [-0.05, 0) is 55.3 Å². The number of nitrogens with zero attached hydrogens (tertiary/aromatic N) is 2. The highest BCUT2D eigenvalue weighted by Gasteiger charge is 2.48. The number of ketones is 1. The Morgan fingerprint density at radius 1 is 1.07 bits per heavy atom. The lowest BCUT2D eigenvalue weighted by atomic mass is 9.93. The highest BCUT2D eigenvalue weighted by Crippen LogP contribution is 2.46. The van der Waals surface area contributed by atoms with E-state index < -0.39 is 23.7 Å². The topological polar surface area (TPSA) is 124 Å². The average Bonchev–Trinajstić information content (AvgIpc) is 3.46. The Hall–Kier alpha value is -4.64. The van der Waals surface area contributed by atoms with Gasteiger partial charge in [-0.15, -0.1) is 0 Å². The van der Waals surface area contributed by atoms with Gasteiger partial charge in [0, 0.05) is 5.56 Å². The second-order valence-corrected chi connectivity index (χ2v) is 9.74. The van der Waals surface area contributed by atoms with Crippen LogP contribution in [0, 0.1) is 13.8 Å². The van der Waals surface area contributed by atoms with E-state index >= 15 is 0 Å². The molecule has 0 bridgehead atoms. The number of esters is 1. The van der Waals surface area contributed by atoms with Gasteiger partial charge in [0.1, 0.15) is 23.0 Å². The fourth-order valence-electron chi connectivity index (χ4n) is 4.42. The number of carbonyl (C=O) groups is 3. The SMILES string of the molecule is C=CCOC(=O)c1sc(N2C(=O)C(=O)C(=C(O)c3ccc(OC)cc3C)C2c2ccc(OC)c(OC)c2)nc1C. The van der Waals surface area contributed by atoms with E-state index in [0.717, 1.165) is 11.3 Å². The molecule has 3 aromatic rings. The number of aliphatic hydroxyl groups is 1. The van der Waals surface area contributed by atoms with E-state index in [-0.39, 0.29) is 27.9 Å². The van der Waals surface area contributed by atoms with Crippen molar-refractivity contribution in [3.63, 3.8) is 0 Å². The number of aliphatic hydroxyl groups excluding tert-OH is 1. The molecule has 1 amide bonds. The zero-order valence-electron chi connectivity index (χ0n) is 22.6. The molecule has 1 atom stereocenters. The molecule has 1 aliphatic heterocycles. The van der Waals surface area contributed by atoms with Gasteiger partial charge in [-0.2, -0.15) is 0 Å². The number of ether oxygens (including phenoxy) is 4. The molecule has 4 rings (SSSR count). The summed E-state index contributed by atoms with van der Waals surface area (Å²) in [5.41, 5.74) is 1.62. The van der Waals surface area contributed by atoms with E-state index in [1.54, 1.807) is 50.2 Å². The molecule has 0 aliphatic carbocycles. The highest BCUT2D eigenvalue weighted by molar-refractivity contribution is 7.17. The summed E-state index contributed by atoms with van der Waals surface area (Å²) in [7, 11) is 4.47. The lowest BCUT2D eigenvalue weighted by Crippen LogP contribution is -2.29. The molecule has 11 heteroatoms. The Morgan fingerprint density at radius 2 is 1.80 bits per heavy atom. The minimum Gasteiger partial charge on any atom is -0.507 e. The van der Waals surface area contributed by atoms with Gasteiger partial charge in [-0.3, -0.25) is 14.5 Å². The molecule has 40 heavy (non-hydrogen) atoms. The number of aromatic nitrogens is 1. The van der Waals surface area contributed by atoms with Crippen LogP contribution < -0.4 is 19.1 Å². The van der Waals surface area contributed by atoms with E-state index in [9.17, 15) is 19.5 Å². The summed E-state index contributed by atoms with van der Waals surface area (Å²) >= 11 is 0.911. The zero-order chi connectivity index (χ0) is 29.1. The van der Waals surface area contributed by atoms with Crippen LogP contribution in [0.25, 0.3) is 5.76 Å². The summed E-state index contributed by atoms with van der Waals surface area (Å²) in [5, 5.41) is 11.6. The Labute approximate surface area is 235 Å². The highest BCUT2D eigenvalue weighted by atomic mass is 32.1. The van der Waals surface area contributed by atoms with Gasteiger partial charge in [0.15, 0.2) is 16.6 Å². The number of benzene rings is 2. The van der Waals surface area contributed by atoms with Crippen molar-refractivity contribution in [1.82, 2.24) is 4.98 Å². The van der Waals surface area contributed by atoms with Crippen molar-refractivity contribution < 1.29 is 38.4 Å². The van der Waals surface area contributed by atoms with Crippen molar-refractivity contribution in [3.8, 4) is 17.2 Å². The Balaban J connectivity index is 1.94. The third-order valence-corrected chi connectivity index (χ3v) is 7.50. The predicted molar refractivity (Wildman–Crippen MR) is 149 cm³/mol. The summed E-state index contributed by atoms with van der Waals surface area (Å²) in [4.78, 5) is 45.5. The van der Waals surface area contributed by atoms with Crippen molar-refractivity contribution in [2.75, 3.05) is 32.8 Å². The molecular formula is C29H28N2O8S. The maximum absolute atomic E-state index is 13.6. The minimum atomic E-state index is -1.09. The molecule has 2 heterocycles. The first-order valence-corrected chi connectivity index (χ1v) is 12.9. The third kappa shape index (κ3) is 5.03. The van der Waals surface area contributed by atoms with Crippen molar-refractivity contribution in [3.05, 3.63) is 81.9 Å². The molecule has 1 aliphatic rings. The number of hydrogen-bond acceptors (Lipinski definition) is 10. The number of hydrogen-bond donors (Lipinski definition) is 1. The molecule has 1 fully saturated rings. The van der Waals surface area contributed by atoms with E-state index in [1.165, 1.54) is 32.3 Å². The predicted octanol–water partition coefficient (Wildman–Crippen LogP) is 4.75. The fourth-order valence-corrected chi connectivity index (χ4v) is 5.40. The molecule has 2 aromatic carbocycles. The van der Waals surface area contributed by atoms with E-state index in [0.29, 0.717) is 39.6 Å². The van der Waals surface area contributed by atoms with Crippen LogP contribution in [0.3, 0.4) is 0 Å². The summed E-state index contributed by atoms with van der Waals surface area (Å²) in [6.45, 7) is 6.90. The minimum absolute atomic E-state index is 0.00285. The van der Waals surface area contributed by atoms with Crippen LogP contribution in [0.4, 0.5) is 5.13 Å². The average molecular weight is 565 g/mol. The molecule has 1 saturated heterocycles. The normalized spacial score (nSPS) is 16.1. The number of amides is 1. The quantitative estimate of drug-likeness (QED) is 0.129. The standard InChI is InChI=1S/C29H28N2O8S/c1-7-12-39-28(35)26-16(3)30-29(40-26)31-23(17-8-11-20(37-5)21(14-17)38-6)22(25(33)27(31)34)24(32)19-10-9-18(36-4)13-15(19)2/h7-11,13-14,23,32H,1,12H2,2-6H3. The maximum atomic E-state index is 13.6. The van der Waals surface area contributed by atoms with Gasteiger partial charge in [-0.25, -0.2) is 9.78 Å². The largest absolute Gasteiger partial charge is 0.507 e. The van der Waals surface area contributed by atoms with Crippen LogP contribution in [-0.2, 0) is 14.3 Å². The summed E-state index contributed by atoms with van der Waals surface area (Å²) in [6.07, 6.45) is 1.44. The lowest BCUT2D eigenvalue weighted by Gasteiger charge is -2.24. The van der Waals surface area contributed by atoms with E-state index in [4.69, 9.17) is 18.9 Å². The van der Waals surface area contributed by atoms with Crippen molar-refractivity contribution in [1.29, 1.82) is 0 Å². The van der Waals surface area contributed by atoms with Crippen molar-refractivity contribution >= 4 is 39.9 Å². The second kappa shape index (κ2) is 11.6. The number of thiazole rings is 1. The lowest BCUT2D eigenvalue weighted by molar-refractivity contribution is -0.132. The van der Waals surface area contributed by atoms with Gasteiger partial charge in [0.05, 0.1) is 38.6 Å². The molecule has 0 saturated carbocycles. The molecule has 0 spiro atoms. The number of carbonyl (C=O) groups excluding carboxylic acids is 3. The Bertz CT molecular complexity index is 1540. The third-order valence-electron chi connectivity index (χ3n) is 6.37. The number of methoxy groups -OCH3 is 3. The molecular weight excluding hydrogens is 536 g/mol. The maximum Gasteiger partial charge on any atom is 0.350 e. The molecule has 0 radical (unpaired) electrons. The van der Waals surface area contributed by atoms with E-state index in [2.05, 4.69) is 11.6 Å². The molecule has 10 nitrogen and oxygen atoms in total. The Kier molecular flexibility index (Phi) is 8.24. The monoisotopic (exact) mass is 564 g/mol. The number of rotatable bonds is 9. The first-order chi connectivity index (χ1) is 19.2. The molecule has 1 aromatic heterocycles. The van der Waals surface area contributed by atoms with Crippen LogP contribution in [0.1, 0.15) is 38.1 Å². The number of anilines is 1. The zero-order valence-corrected chi connectivity index (χ0v) is 23.5. The fraction of sp³-hybridized carbons (Fsp3) is 0.241. The smallest absolute Gasteiger partial charge is 0.350 e. The van der Waals surface area contributed by atoms with Crippen LogP contribution in [0.2, 0.25) is 0 Å². The molecule has 208 valence electrons. The van der Waals surface area contributed by atoms with Crippen LogP contribution in [0.15, 0.2) is 54.6 Å². The van der Waals surface area contributed by atoms with Gasteiger partial charge >= 0.3 is 11.9 Å². The number of Topliss-reactive ketones (excluding diaryl/α,β-unsaturated/α-hetero) is 1. The number of aryl methyl sites for hydroxylation is 2. The first-order valence-electron chi connectivity index (χ1n) is 12.1. The summed E-state index contributed by atoms with van der Waals surface area (Å²) < 4.78 is 21.2. The van der Waals surface area contributed by atoms with Crippen LogP contribution >= 0.6 is 11.3 Å².